The Labute approximate surface area is 229 Å². The number of hydrogen-bond acceptors (Lipinski definition) is 8. The average molecular weight is 543 g/mol. The van der Waals surface area contributed by atoms with Gasteiger partial charge in [0, 0.05) is 0 Å². The number of carbonyl (C=O) groups is 2. The lowest BCUT2D eigenvalue weighted by molar-refractivity contribution is -0.121. The molecular weight excluding hydrogens is 504 g/mol. The fraction of sp³-hybridized carbons (Fsp3) is 0.448. The van der Waals surface area contributed by atoms with Crippen molar-refractivity contribution >= 4 is 29.8 Å². The molecule has 2 amide bonds. The lowest BCUT2D eigenvalue weighted by Crippen LogP contribution is -2.53. The summed E-state index contributed by atoms with van der Waals surface area (Å²) in [4.78, 5) is 27.7. The van der Waals surface area contributed by atoms with E-state index in [4.69, 9.17) is 28.4 Å². The second-order valence-electron chi connectivity index (χ2n) is 10.4. The quantitative estimate of drug-likeness (QED) is 0.454. The third-order valence-electron chi connectivity index (χ3n) is 6.02. The van der Waals surface area contributed by atoms with Crippen LogP contribution in [0, 0.1) is 0 Å². The van der Waals surface area contributed by atoms with Crippen molar-refractivity contribution < 1.29 is 38.0 Å². The maximum Gasteiger partial charge on any atom is 0.413 e. The summed E-state index contributed by atoms with van der Waals surface area (Å²) in [6.07, 6.45) is 3.14. The molecule has 1 N–H and O–H groups in total. The summed E-state index contributed by atoms with van der Waals surface area (Å²) in [6.45, 7) is 8.78. The number of methoxy groups -OCH3 is 4. The molecule has 1 saturated heterocycles. The maximum atomic E-state index is 13.4. The highest BCUT2D eigenvalue weighted by molar-refractivity contribution is 5.98. The molecule has 3 rings (SSSR count). The molecule has 1 fully saturated rings. The topological polar surface area (TPSA) is 105 Å². The van der Waals surface area contributed by atoms with Gasteiger partial charge in [-0.2, -0.15) is 0 Å². The third-order valence-corrected chi connectivity index (χ3v) is 6.02. The van der Waals surface area contributed by atoms with Crippen molar-refractivity contribution in [2.75, 3.05) is 40.4 Å². The van der Waals surface area contributed by atoms with E-state index in [1.807, 2.05) is 30.4 Å². The summed E-state index contributed by atoms with van der Waals surface area (Å²) in [5, 5.41) is 2.90. The molecule has 0 bridgehead atoms. The van der Waals surface area contributed by atoms with Crippen molar-refractivity contribution in [3.63, 3.8) is 0 Å². The molecule has 0 radical (unpaired) electrons. The van der Waals surface area contributed by atoms with Crippen molar-refractivity contribution in [3.05, 3.63) is 41.5 Å². The largest absolute Gasteiger partial charge is 0.495 e. The highest BCUT2D eigenvalue weighted by Gasteiger charge is 2.48. The van der Waals surface area contributed by atoms with E-state index in [0.29, 0.717) is 28.7 Å². The van der Waals surface area contributed by atoms with Crippen LogP contribution in [0.5, 0.6) is 23.0 Å². The van der Waals surface area contributed by atoms with Crippen LogP contribution >= 0.6 is 0 Å². The van der Waals surface area contributed by atoms with Gasteiger partial charge in [0.2, 0.25) is 11.7 Å². The lowest BCUT2D eigenvalue weighted by Gasteiger charge is -2.34. The van der Waals surface area contributed by atoms with E-state index >= 15 is 0 Å². The number of anilines is 1. The number of benzene rings is 2. The van der Waals surface area contributed by atoms with E-state index in [1.165, 1.54) is 12.0 Å². The van der Waals surface area contributed by atoms with Gasteiger partial charge >= 0.3 is 6.09 Å². The van der Waals surface area contributed by atoms with Crippen LogP contribution in [0.3, 0.4) is 0 Å². The summed E-state index contributed by atoms with van der Waals surface area (Å²) in [5.41, 5.74) is 0.331. The Balaban J connectivity index is 1.86. The monoisotopic (exact) mass is 542 g/mol. The van der Waals surface area contributed by atoms with Crippen LogP contribution in [-0.2, 0) is 14.3 Å². The fourth-order valence-corrected chi connectivity index (χ4v) is 4.19. The molecule has 0 saturated carbocycles. The Hall–Kier alpha value is -3.92. The lowest BCUT2D eigenvalue weighted by atomic mass is 10.1. The molecule has 2 aromatic rings. The first-order valence-electron chi connectivity index (χ1n) is 12.5. The van der Waals surface area contributed by atoms with Crippen molar-refractivity contribution in [1.82, 2.24) is 4.90 Å². The third kappa shape index (κ3) is 6.94. The minimum Gasteiger partial charge on any atom is -0.495 e. The van der Waals surface area contributed by atoms with Gasteiger partial charge in [-0.25, -0.2) is 4.79 Å². The van der Waals surface area contributed by atoms with Crippen LogP contribution < -0.4 is 24.3 Å². The van der Waals surface area contributed by atoms with Gasteiger partial charge in [0.1, 0.15) is 23.1 Å². The number of rotatable bonds is 8. The number of nitrogens with zero attached hydrogens (tertiary/aromatic N) is 1. The predicted octanol–water partition coefficient (Wildman–Crippen LogP) is 5.20. The zero-order valence-electron chi connectivity index (χ0n) is 24.0. The molecule has 0 aromatic heterocycles. The Morgan fingerprint density at radius 3 is 2.05 bits per heavy atom. The Kier molecular flexibility index (Phi) is 9.01. The molecule has 0 spiro atoms. The van der Waals surface area contributed by atoms with Crippen LogP contribution in [0.4, 0.5) is 10.5 Å². The van der Waals surface area contributed by atoms with Crippen LogP contribution in [-0.4, -0.2) is 69.3 Å². The minimum atomic E-state index is -1.01. The highest BCUT2D eigenvalue weighted by atomic mass is 16.6. The van der Waals surface area contributed by atoms with Gasteiger partial charge in [-0.05, 0) is 70.0 Å². The first kappa shape index (κ1) is 29.6. The minimum absolute atomic E-state index is 0.0289. The molecule has 10 nitrogen and oxygen atoms in total. The molecule has 0 aliphatic carbocycles. The number of hydrogen-bond donors (Lipinski definition) is 1. The van der Waals surface area contributed by atoms with Crippen molar-refractivity contribution in [3.8, 4) is 23.0 Å². The Morgan fingerprint density at radius 1 is 0.923 bits per heavy atom. The van der Waals surface area contributed by atoms with Crippen LogP contribution in [0.15, 0.2) is 30.3 Å². The van der Waals surface area contributed by atoms with Gasteiger partial charge < -0.3 is 33.7 Å². The standard InChI is InChI=1S/C29H38N2O8/c1-28(2,3)39-27(33)31-21(17-38-29(31,4)5)26(32)30-20-14-18(12-13-22(20)34-6)10-11-19-15-23(35-7)25(37-9)24(16-19)36-8/h10-16,21H,17H2,1-9H3,(H,30,32)/b11-10+. The number of ether oxygens (including phenoxy) is 6. The van der Waals surface area contributed by atoms with Crippen LogP contribution in [0.2, 0.25) is 0 Å². The Bertz CT molecular complexity index is 1210. The van der Waals surface area contributed by atoms with Crippen LogP contribution in [0.25, 0.3) is 12.2 Å². The van der Waals surface area contributed by atoms with Crippen molar-refractivity contribution in [2.24, 2.45) is 0 Å². The number of carbonyl (C=O) groups excluding carboxylic acids is 2. The fourth-order valence-electron chi connectivity index (χ4n) is 4.19. The summed E-state index contributed by atoms with van der Waals surface area (Å²) in [7, 11) is 6.19. The van der Waals surface area contributed by atoms with Gasteiger partial charge in [-0.1, -0.05) is 18.2 Å². The normalized spacial score (nSPS) is 16.6. The predicted molar refractivity (Wildman–Crippen MR) is 149 cm³/mol. The van der Waals surface area contributed by atoms with E-state index < -0.39 is 29.4 Å². The summed E-state index contributed by atoms with van der Waals surface area (Å²) < 4.78 is 33.0. The molecule has 1 atom stereocenters. The van der Waals surface area contributed by atoms with Gasteiger partial charge in [-0.3, -0.25) is 9.69 Å². The van der Waals surface area contributed by atoms with Gasteiger partial charge in [0.15, 0.2) is 11.5 Å². The number of amides is 2. The second kappa shape index (κ2) is 11.9. The Morgan fingerprint density at radius 2 is 1.51 bits per heavy atom. The first-order chi connectivity index (χ1) is 18.3. The SMILES string of the molecule is COc1ccc(/C=C/c2cc(OC)c(OC)c(OC)c2)cc1NC(=O)C1COC(C)(C)N1C(=O)OC(C)(C)C. The van der Waals surface area contributed by atoms with Crippen molar-refractivity contribution in [2.45, 2.75) is 52.0 Å². The molecule has 2 aromatic carbocycles. The highest BCUT2D eigenvalue weighted by Crippen LogP contribution is 2.39. The van der Waals surface area contributed by atoms with Gasteiger partial charge in [-0.15, -0.1) is 0 Å². The van der Waals surface area contributed by atoms with E-state index in [9.17, 15) is 9.59 Å². The molecule has 10 heteroatoms. The second-order valence-corrected chi connectivity index (χ2v) is 10.4. The average Bonchev–Trinajstić information content (AvgIpc) is 3.20. The maximum absolute atomic E-state index is 13.4. The van der Waals surface area contributed by atoms with Crippen molar-refractivity contribution in [1.29, 1.82) is 0 Å². The van der Waals surface area contributed by atoms with E-state index in [0.717, 1.165) is 11.1 Å². The van der Waals surface area contributed by atoms with E-state index in [-0.39, 0.29) is 6.61 Å². The molecule has 1 aliphatic rings. The van der Waals surface area contributed by atoms with E-state index in [2.05, 4.69) is 5.32 Å². The molecule has 1 aliphatic heterocycles. The summed E-state index contributed by atoms with van der Waals surface area (Å²) in [6, 6.07) is 8.17. The zero-order valence-corrected chi connectivity index (χ0v) is 24.0. The molecule has 1 unspecified atom stereocenters. The van der Waals surface area contributed by atoms with E-state index in [1.54, 1.807) is 68.1 Å². The summed E-state index contributed by atoms with van der Waals surface area (Å²) >= 11 is 0. The van der Waals surface area contributed by atoms with Crippen LogP contribution in [0.1, 0.15) is 45.7 Å². The molecule has 212 valence electrons. The van der Waals surface area contributed by atoms with Gasteiger partial charge in [0.25, 0.3) is 0 Å². The summed E-state index contributed by atoms with van der Waals surface area (Å²) in [5.74, 6) is 1.63. The molecule has 1 heterocycles. The molecular formula is C29H38N2O8. The molecule has 39 heavy (non-hydrogen) atoms. The number of nitrogens with one attached hydrogen (secondary N) is 1. The first-order valence-corrected chi connectivity index (χ1v) is 12.5. The zero-order chi connectivity index (χ0) is 29.0. The smallest absolute Gasteiger partial charge is 0.413 e. The van der Waals surface area contributed by atoms with Gasteiger partial charge in [0.05, 0.1) is 40.7 Å².